The molecule has 1 aromatic heterocycles. The molecular formula is C19H15F3N2O4. The number of ether oxygens (including phenoxy) is 1. The van der Waals surface area contributed by atoms with E-state index in [0.717, 1.165) is 24.0 Å². The lowest BCUT2D eigenvalue weighted by Gasteiger charge is -2.09. The molecule has 2 N–H and O–H groups in total. The van der Waals surface area contributed by atoms with E-state index in [2.05, 4.69) is 10.3 Å². The number of phenols is 1. The SMILES string of the molecule is O=C(NCc1ccc(O)cc1)c1coc(COc2cccc(C(F)(F)F)c2)n1. The summed E-state index contributed by atoms with van der Waals surface area (Å²) >= 11 is 0. The highest BCUT2D eigenvalue weighted by Crippen LogP contribution is 2.31. The molecule has 0 radical (unpaired) electrons. The molecule has 0 bridgehead atoms. The molecule has 9 heteroatoms. The fourth-order valence-corrected chi connectivity index (χ4v) is 2.28. The highest BCUT2D eigenvalue weighted by molar-refractivity contribution is 5.91. The number of aromatic hydroxyl groups is 1. The molecule has 0 aliphatic rings. The number of halogens is 3. The predicted molar refractivity (Wildman–Crippen MR) is 91.6 cm³/mol. The van der Waals surface area contributed by atoms with Gasteiger partial charge in [-0.3, -0.25) is 4.79 Å². The van der Waals surface area contributed by atoms with Crippen LogP contribution in [0.4, 0.5) is 13.2 Å². The lowest BCUT2D eigenvalue weighted by molar-refractivity contribution is -0.137. The molecule has 0 atom stereocenters. The first-order valence-electron chi connectivity index (χ1n) is 8.12. The monoisotopic (exact) mass is 392 g/mol. The minimum absolute atomic E-state index is 0.00589. The van der Waals surface area contributed by atoms with E-state index in [-0.39, 0.29) is 36.2 Å². The quantitative estimate of drug-likeness (QED) is 0.665. The number of oxazole rings is 1. The second kappa shape index (κ2) is 8.03. The number of amides is 1. The maximum absolute atomic E-state index is 12.7. The van der Waals surface area contributed by atoms with E-state index < -0.39 is 17.6 Å². The van der Waals surface area contributed by atoms with Crippen LogP contribution in [0.5, 0.6) is 11.5 Å². The predicted octanol–water partition coefficient (Wildman–Crippen LogP) is 3.91. The van der Waals surface area contributed by atoms with Crippen molar-refractivity contribution in [2.24, 2.45) is 0 Å². The van der Waals surface area contributed by atoms with Crippen LogP contribution in [0.1, 0.15) is 27.5 Å². The molecule has 1 heterocycles. The van der Waals surface area contributed by atoms with Crippen molar-refractivity contribution in [3.63, 3.8) is 0 Å². The summed E-state index contributed by atoms with van der Waals surface area (Å²) in [4.78, 5) is 16.0. The zero-order valence-corrected chi connectivity index (χ0v) is 14.4. The van der Waals surface area contributed by atoms with Gasteiger partial charge in [0.2, 0.25) is 5.89 Å². The Hall–Kier alpha value is -3.49. The minimum Gasteiger partial charge on any atom is -0.508 e. The number of nitrogens with one attached hydrogen (secondary N) is 1. The summed E-state index contributed by atoms with van der Waals surface area (Å²) in [7, 11) is 0. The number of nitrogens with zero attached hydrogens (tertiary/aromatic N) is 1. The van der Waals surface area contributed by atoms with Crippen molar-refractivity contribution in [2.75, 3.05) is 0 Å². The first kappa shape index (κ1) is 19.3. The van der Waals surface area contributed by atoms with Gasteiger partial charge in [-0.25, -0.2) is 4.98 Å². The Labute approximate surface area is 157 Å². The van der Waals surface area contributed by atoms with E-state index in [9.17, 15) is 23.1 Å². The fraction of sp³-hybridized carbons (Fsp3) is 0.158. The summed E-state index contributed by atoms with van der Waals surface area (Å²) in [6.45, 7) is -0.00536. The molecule has 28 heavy (non-hydrogen) atoms. The van der Waals surface area contributed by atoms with Gasteiger partial charge in [0.15, 0.2) is 12.3 Å². The zero-order chi connectivity index (χ0) is 20.1. The molecular weight excluding hydrogens is 377 g/mol. The van der Waals surface area contributed by atoms with E-state index in [0.29, 0.717) is 0 Å². The van der Waals surface area contributed by atoms with Crippen molar-refractivity contribution in [1.29, 1.82) is 0 Å². The summed E-state index contributed by atoms with van der Waals surface area (Å²) in [6.07, 6.45) is -3.33. The van der Waals surface area contributed by atoms with Crippen LogP contribution in [-0.4, -0.2) is 16.0 Å². The van der Waals surface area contributed by atoms with Crippen LogP contribution in [0.15, 0.2) is 59.2 Å². The van der Waals surface area contributed by atoms with E-state index in [1.165, 1.54) is 24.3 Å². The van der Waals surface area contributed by atoms with Crippen molar-refractivity contribution >= 4 is 5.91 Å². The van der Waals surface area contributed by atoms with Gasteiger partial charge < -0.3 is 19.6 Å². The third-order valence-corrected chi connectivity index (χ3v) is 3.70. The zero-order valence-electron chi connectivity index (χ0n) is 14.4. The van der Waals surface area contributed by atoms with Crippen molar-refractivity contribution < 1.29 is 32.2 Å². The van der Waals surface area contributed by atoms with E-state index in [1.54, 1.807) is 12.1 Å². The summed E-state index contributed by atoms with van der Waals surface area (Å²) < 4.78 is 48.5. The molecule has 0 unspecified atom stereocenters. The minimum atomic E-state index is -4.47. The number of hydrogen-bond acceptors (Lipinski definition) is 5. The van der Waals surface area contributed by atoms with Gasteiger partial charge in [0.05, 0.1) is 5.56 Å². The Bertz CT molecular complexity index is 952. The molecule has 3 rings (SSSR count). The van der Waals surface area contributed by atoms with Crippen LogP contribution >= 0.6 is 0 Å². The van der Waals surface area contributed by atoms with E-state index >= 15 is 0 Å². The first-order valence-corrected chi connectivity index (χ1v) is 8.12. The highest BCUT2D eigenvalue weighted by Gasteiger charge is 2.30. The Balaban J connectivity index is 1.55. The van der Waals surface area contributed by atoms with Crippen molar-refractivity contribution in [3.05, 3.63) is 77.5 Å². The lowest BCUT2D eigenvalue weighted by atomic mass is 10.2. The average Bonchev–Trinajstić information content (AvgIpc) is 3.14. The van der Waals surface area contributed by atoms with Crippen LogP contribution in [0, 0.1) is 0 Å². The van der Waals surface area contributed by atoms with Crippen LogP contribution in [-0.2, 0) is 19.3 Å². The highest BCUT2D eigenvalue weighted by atomic mass is 19.4. The Morgan fingerprint density at radius 2 is 1.93 bits per heavy atom. The first-order chi connectivity index (χ1) is 13.3. The number of rotatable bonds is 6. The number of benzene rings is 2. The van der Waals surface area contributed by atoms with Crippen LogP contribution < -0.4 is 10.1 Å². The van der Waals surface area contributed by atoms with Gasteiger partial charge in [-0.05, 0) is 35.9 Å². The van der Waals surface area contributed by atoms with Gasteiger partial charge in [0.25, 0.3) is 5.91 Å². The summed E-state index contributed by atoms with van der Waals surface area (Å²) in [6, 6.07) is 10.7. The normalized spacial score (nSPS) is 11.2. The topological polar surface area (TPSA) is 84.6 Å². The van der Waals surface area contributed by atoms with Crippen molar-refractivity contribution in [1.82, 2.24) is 10.3 Å². The van der Waals surface area contributed by atoms with Gasteiger partial charge in [-0.2, -0.15) is 13.2 Å². The summed E-state index contributed by atoms with van der Waals surface area (Å²) in [5.41, 5.74) is -0.0316. The summed E-state index contributed by atoms with van der Waals surface area (Å²) in [5.74, 6) is -0.308. The standard InChI is InChI=1S/C19H15F3N2O4/c20-19(21,22)13-2-1-3-15(8-13)27-11-17-24-16(10-28-17)18(26)23-9-12-4-6-14(25)7-5-12/h1-8,10,25H,9,11H2,(H,23,26). The molecule has 3 aromatic rings. The molecule has 0 aliphatic heterocycles. The number of alkyl halides is 3. The molecule has 0 saturated carbocycles. The third kappa shape index (κ3) is 5.03. The number of carbonyl (C=O) groups is 1. The second-order valence-electron chi connectivity index (χ2n) is 5.79. The molecule has 6 nitrogen and oxygen atoms in total. The maximum Gasteiger partial charge on any atom is 0.416 e. The third-order valence-electron chi connectivity index (χ3n) is 3.70. The van der Waals surface area contributed by atoms with E-state index in [4.69, 9.17) is 9.15 Å². The number of carbonyl (C=O) groups excluding carboxylic acids is 1. The van der Waals surface area contributed by atoms with Gasteiger partial charge in [0.1, 0.15) is 17.8 Å². The number of hydrogen-bond donors (Lipinski definition) is 2. The van der Waals surface area contributed by atoms with Gasteiger partial charge in [-0.15, -0.1) is 0 Å². The summed E-state index contributed by atoms with van der Waals surface area (Å²) in [5, 5.41) is 11.9. The molecule has 0 saturated heterocycles. The molecule has 1 amide bonds. The van der Waals surface area contributed by atoms with Gasteiger partial charge in [-0.1, -0.05) is 18.2 Å². The molecule has 2 aromatic carbocycles. The largest absolute Gasteiger partial charge is 0.508 e. The van der Waals surface area contributed by atoms with Gasteiger partial charge >= 0.3 is 6.18 Å². The fourth-order valence-electron chi connectivity index (χ4n) is 2.28. The van der Waals surface area contributed by atoms with Gasteiger partial charge in [0, 0.05) is 6.54 Å². The molecule has 146 valence electrons. The van der Waals surface area contributed by atoms with Crippen LogP contribution in [0.25, 0.3) is 0 Å². The van der Waals surface area contributed by atoms with Crippen molar-refractivity contribution in [3.8, 4) is 11.5 Å². The smallest absolute Gasteiger partial charge is 0.416 e. The van der Waals surface area contributed by atoms with Crippen LogP contribution in [0.3, 0.4) is 0 Å². The lowest BCUT2D eigenvalue weighted by Crippen LogP contribution is -2.23. The Morgan fingerprint density at radius 3 is 2.64 bits per heavy atom. The van der Waals surface area contributed by atoms with Crippen LogP contribution in [0.2, 0.25) is 0 Å². The Kier molecular flexibility index (Phi) is 5.53. The second-order valence-corrected chi connectivity index (χ2v) is 5.79. The maximum atomic E-state index is 12.7. The average molecular weight is 392 g/mol. The molecule has 0 aliphatic carbocycles. The number of phenolic OH excluding ortho intramolecular Hbond substituents is 1. The molecule has 0 fully saturated rings. The number of aromatic nitrogens is 1. The van der Waals surface area contributed by atoms with Crippen molar-refractivity contribution in [2.45, 2.75) is 19.3 Å². The van der Waals surface area contributed by atoms with E-state index in [1.807, 2.05) is 0 Å². The molecule has 0 spiro atoms. The Morgan fingerprint density at radius 1 is 1.18 bits per heavy atom.